The van der Waals surface area contributed by atoms with Crippen LogP contribution in [0, 0.1) is 26.9 Å². The lowest BCUT2D eigenvalue weighted by Gasteiger charge is -2.14. The van der Waals surface area contributed by atoms with E-state index in [4.69, 9.17) is 5.26 Å². The van der Waals surface area contributed by atoms with Crippen LogP contribution in [-0.4, -0.2) is 17.4 Å². The van der Waals surface area contributed by atoms with Crippen LogP contribution in [0.5, 0.6) is 0 Å². The number of nitro groups is 1. The predicted octanol–water partition coefficient (Wildman–Crippen LogP) is 1.80. The number of hydrogen-bond donors (Lipinski definition) is 1. The molecule has 6 heteroatoms. The summed E-state index contributed by atoms with van der Waals surface area (Å²) in [4.78, 5) is 21.6. The van der Waals surface area contributed by atoms with Gasteiger partial charge in [-0.05, 0) is 25.8 Å². The first kappa shape index (κ1) is 14.6. The van der Waals surface area contributed by atoms with E-state index >= 15 is 0 Å². The van der Waals surface area contributed by atoms with Crippen LogP contribution in [0.3, 0.4) is 0 Å². The molecule has 0 unspecified atom stereocenters. The second-order valence-electron chi connectivity index (χ2n) is 4.67. The van der Waals surface area contributed by atoms with Gasteiger partial charge in [0.15, 0.2) is 0 Å². The van der Waals surface area contributed by atoms with Crippen molar-refractivity contribution in [3.05, 3.63) is 39.9 Å². The lowest BCUT2D eigenvalue weighted by molar-refractivity contribution is -0.384. The summed E-state index contributed by atoms with van der Waals surface area (Å²) in [7, 11) is 0. The second-order valence-corrected chi connectivity index (χ2v) is 4.67. The molecule has 0 atom stereocenters. The SMILES string of the molecule is CC(C)(C#N)C(=O)NCCc1ccc([N+](=O)[O-])cc1. The molecular weight excluding hydrogens is 246 g/mol. The Kier molecular flexibility index (Phi) is 4.59. The number of nitrogens with zero attached hydrogens (tertiary/aromatic N) is 2. The molecule has 1 amide bonds. The van der Waals surface area contributed by atoms with Gasteiger partial charge in [0.05, 0.1) is 11.0 Å². The first-order valence-electron chi connectivity index (χ1n) is 5.79. The van der Waals surface area contributed by atoms with Crippen molar-refractivity contribution in [2.24, 2.45) is 5.41 Å². The molecule has 0 aromatic heterocycles. The highest BCUT2D eigenvalue weighted by Crippen LogP contribution is 2.14. The Morgan fingerprint density at radius 1 is 1.42 bits per heavy atom. The van der Waals surface area contributed by atoms with Crippen LogP contribution >= 0.6 is 0 Å². The Hall–Kier alpha value is -2.42. The van der Waals surface area contributed by atoms with Crippen molar-refractivity contribution in [1.29, 1.82) is 5.26 Å². The second kappa shape index (κ2) is 5.96. The van der Waals surface area contributed by atoms with Crippen LogP contribution in [0.2, 0.25) is 0 Å². The number of nitriles is 1. The molecule has 6 nitrogen and oxygen atoms in total. The molecule has 0 saturated heterocycles. The summed E-state index contributed by atoms with van der Waals surface area (Å²) < 4.78 is 0. The number of rotatable bonds is 5. The average Bonchev–Trinajstić information content (AvgIpc) is 2.39. The van der Waals surface area contributed by atoms with Crippen molar-refractivity contribution in [1.82, 2.24) is 5.32 Å². The van der Waals surface area contributed by atoms with Crippen LogP contribution in [0.25, 0.3) is 0 Å². The van der Waals surface area contributed by atoms with Crippen LogP contribution in [0.4, 0.5) is 5.69 Å². The van der Waals surface area contributed by atoms with Gasteiger partial charge in [-0.3, -0.25) is 14.9 Å². The van der Waals surface area contributed by atoms with Crippen LogP contribution in [0.1, 0.15) is 19.4 Å². The first-order chi connectivity index (χ1) is 8.86. The molecule has 0 bridgehead atoms. The lowest BCUT2D eigenvalue weighted by Crippen LogP contribution is -2.36. The predicted molar refractivity (Wildman–Crippen MR) is 69.2 cm³/mol. The molecule has 0 aliphatic carbocycles. The minimum Gasteiger partial charge on any atom is -0.354 e. The molecule has 100 valence electrons. The normalized spacial score (nSPS) is 10.6. The topological polar surface area (TPSA) is 96.0 Å². The van der Waals surface area contributed by atoms with Crippen molar-refractivity contribution >= 4 is 11.6 Å². The zero-order chi connectivity index (χ0) is 14.5. The first-order valence-corrected chi connectivity index (χ1v) is 5.79. The van der Waals surface area contributed by atoms with Gasteiger partial charge in [0.1, 0.15) is 5.41 Å². The molecule has 0 aliphatic heterocycles. The maximum Gasteiger partial charge on any atom is 0.269 e. The van der Waals surface area contributed by atoms with Crippen LogP contribution < -0.4 is 5.32 Å². The average molecular weight is 261 g/mol. The molecule has 1 aromatic rings. The van der Waals surface area contributed by atoms with Gasteiger partial charge >= 0.3 is 0 Å². The highest BCUT2D eigenvalue weighted by Gasteiger charge is 2.26. The molecule has 1 aromatic carbocycles. The fraction of sp³-hybridized carbons (Fsp3) is 0.385. The number of carbonyl (C=O) groups excluding carboxylic acids is 1. The van der Waals surface area contributed by atoms with Gasteiger partial charge in [-0.25, -0.2) is 0 Å². The summed E-state index contributed by atoms with van der Waals surface area (Å²) in [5, 5.41) is 21.9. The third-order valence-electron chi connectivity index (χ3n) is 2.69. The van der Waals surface area contributed by atoms with Gasteiger partial charge in [-0.2, -0.15) is 5.26 Å². The van der Waals surface area contributed by atoms with Gasteiger partial charge < -0.3 is 5.32 Å². The Morgan fingerprint density at radius 3 is 2.47 bits per heavy atom. The van der Waals surface area contributed by atoms with Gasteiger partial charge in [0.2, 0.25) is 5.91 Å². The van der Waals surface area contributed by atoms with E-state index in [2.05, 4.69) is 5.32 Å². The Balaban J connectivity index is 2.48. The molecule has 0 spiro atoms. The highest BCUT2D eigenvalue weighted by molar-refractivity contribution is 5.84. The number of nitro benzene ring substituents is 1. The summed E-state index contributed by atoms with van der Waals surface area (Å²) in [6.07, 6.45) is 0.561. The Bertz CT molecular complexity index is 515. The summed E-state index contributed by atoms with van der Waals surface area (Å²) in [6, 6.07) is 8.08. The fourth-order valence-corrected chi connectivity index (χ4v) is 1.38. The quantitative estimate of drug-likeness (QED) is 0.645. The van der Waals surface area contributed by atoms with E-state index in [0.29, 0.717) is 13.0 Å². The Morgan fingerprint density at radius 2 is 2.00 bits per heavy atom. The Labute approximate surface area is 111 Å². The molecule has 1 rings (SSSR count). The van der Waals surface area contributed by atoms with E-state index in [0.717, 1.165) is 5.56 Å². The van der Waals surface area contributed by atoms with Crippen molar-refractivity contribution in [2.75, 3.05) is 6.54 Å². The van der Waals surface area contributed by atoms with E-state index in [-0.39, 0.29) is 11.6 Å². The van der Waals surface area contributed by atoms with E-state index < -0.39 is 10.3 Å². The minimum absolute atomic E-state index is 0.0402. The number of nitrogens with one attached hydrogen (secondary N) is 1. The summed E-state index contributed by atoms with van der Waals surface area (Å²) in [5.74, 6) is -0.322. The van der Waals surface area contributed by atoms with Crippen molar-refractivity contribution in [3.8, 4) is 6.07 Å². The summed E-state index contributed by atoms with van der Waals surface area (Å²) in [5.41, 5.74) is -0.116. The largest absolute Gasteiger partial charge is 0.354 e. The molecule has 0 heterocycles. The monoisotopic (exact) mass is 261 g/mol. The van der Waals surface area contributed by atoms with Crippen molar-refractivity contribution in [2.45, 2.75) is 20.3 Å². The third kappa shape index (κ3) is 4.07. The number of hydrogen-bond acceptors (Lipinski definition) is 4. The van der Waals surface area contributed by atoms with E-state index in [1.165, 1.54) is 12.1 Å². The van der Waals surface area contributed by atoms with E-state index in [9.17, 15) is 14.9 Å². The molecule has 19 heavy (non-hydrogen) atoms. The van der Waals surface area contributed by atoms with Crippen LogP contribution in [-0.2, 0) is 11.2 Å². The van der Waals surface area contributed by atoms with Crippen molar-refractivity contribution < 1.29 is 9.72 Å². The summed E-state index contributed by atoms with van der Waals surface area (Å²) in [6.45, 7) is 3.49. The molecule has 1 N–H and O–H groups in total. The third-order valence-corrected chi connectivity index (χ3v) is 2.69. The van der Waals surface area contributed by atoms with Crippen molar-refractivity contribution in [3.63, 3.8) is 0 Å². The lowest BCUT2D eigenvalue weighted by atomic mass is 9.95. The number of carbonyl (C=O) groups is 1. The molecule has 0 radical (unpaired) electrons. The molecule has 0 saturated carbocycles. The van der Waals surface area contributed by atoms with Gasteiger partial charge in [-0.1, -0.05) is 12.1 Å². The number of non-ortho nitro benzene ring substituents is 1. The maximum absolute atomic E-state index is 11.6. The molecule has 0 aliphatic rings. The maximum atomic E-state index is 11.6. The van der Waals surface area contributed by atoms with Gasteiger partial charge in [0.25, 0.3) is 5.69 Å². The zero-order valence-corrected chi connectivity index (χ0v) is 10.8. The van der Waals surface area contributed by atoms with E-state index in [1.807, 2.05) is 6.07 Å². The molecular formula is C13H15N3O3. The van der Waals surface area contributed by atoms with Gasteiger partial charge in [-0.15, -0.1) is 0 Å². The van der Waals surface area contributed by atoms with Crippen LogP contribution in [0.15, 0.2) is 24.3 Å². The van der Waals surface area contributed by atoms with E-state index in [1.54, 1.807) is 26.0 Å². The highest BCUT2D eigenvalue weighted by atomic mass is 16.6. The van der Waals surface area contributed by atoms with Gasteiger partial charge in [0, 0.05) is 18.7 Å². The molecule has 0 fully saturated rings. The number of amides is 1. The summed E-state index contributed by atoms with van der Waals surface area (Å²) >= 11 is 0. The minimum atomic E-state index is -1.05. The standard InChI is InChI=1S/C13H15N3O3/c1-13(2,9-14)12(17)15-8-7-10-3-5-11(6-4-10)16(18)19/h3-6H,7-8H2,1-2H3,(H,15,17). The smallest absolute Gasteiger partial charge is 0.269 e. The fourth-order valence-electron chi connectivity index (χ4n) is 1.38. The number of benzene rings is 1. The zero-order valence-electron chi connectivity index (χ0n) is 10.8.